The summed E-state index contributed by atoms with van der Waals surface area (Å²) >= 11 is 6.18. The minimum absolute atomic E-state index is 0.0285. The average Bonchev–Trinajstić information content (AvgIpc) is 2.82. The molecule has 4 aromatic rings. The number of hydrogen-bond acceptors (Lipinski definition) is 4. The van der Waals surface area contributed by atoms with E-state index in [9.17, 15) is 15.0 Å². The highest BCUT2D eigenvalue weighted by Gasteiger charge is 2.24. The summed E-state index contributed by atoms with van der Waals surface area (Å²) in [5.41, 5.74) is 3.20. The number of ketones is 1. The van der Waals surface area contributed by atoms with E-state index in [1.165, 1.54) is 12.1 Å². The first kappa shape index (κ1) is 21.3. The van der Waals surface area contributed by atoms with Gasteiger partial charge in [-0.1, -0.05) is 65.9 Å². The van der Waals surface area contributed by atoms with Gasteiger partial charge in [0.2, 0.25) is 0 Å². The van der Waals surface area contributed by atoms with Gasteiger partial charge < -0.3 is 10.2 Å². The number of phenolic OH excluding ortho intramolecular Hbond substituents is 1. The van der Waals surface area contributed by atoms with Crippen molar-refractivity contribution in [1.29, 1.82) is 0 Å². The van der Waals surface area contributed by atoms with Gasteiger partial charge in [-0.3, -0.25) is 9.78 Å². The molecule has 0 spiro atoms. The van der Waals surface area contributed by atoms with Crippen LogP contribution in [0.15, 0.2) is 91.3 Å². The molecule has 0 bridgehead atoms. The summed E-state index contributed by atoms with van der Waals surface area (Å²) in [6.07, 6.45) is 1.88. The van der Waals surface area contributed by atoms with Gasteiger partial charge in [-0.05, 0) is 47.5 Å². The summed E-state index contributed by atoms with van der Waals surface area (Å²) in [7, 11) is 0. The molecule has 3 aromatic carbocycles. The second-order valence-electron chi connectivity index (χ2n) is 7.09. The van der Waals surface area contributed by atoms with Gasteiger partial charge in [0.1, 0.15) is 11.9 Å². The molecule has 32 heavy (non-hydrogen) atoms. The zero-order chi connectivity index (χ0) is 22.5. The van der Waals surface area contributed by atoms with Crippen LogP contribution in [0.4, 0.5) is 0 Å². The van der Waals surface area contributed by atoms with Crippen molar-refractivity contribution >= 4 is 17.4 Å². The maximum Gasteiger partial charge on any atom is 0.195 e. The van der Waals surface area contributed by atoms with Crippen molar-refractivity contribution in [2.45, 2.75) is 6.10 Å². The SMILES string of the molecule is O=C(c1ccccc1)C(O)c1cccc(C#Cc2ccncc2)c1-c1cc(O)cc(Cl)c1. The molecule has 0 aliphatic heterocycles. The Labute approximate surface area is 190 Å². The summed E-state index contributed by atoms with van der Waals surface area (Å²) in [6, 6.07) is 22.0. The largest absolute Gasteiger partial charge is 0.508 e. The minimum Gasteiger partial charge on any atom is -0.508 e. The number of benzene rings is 3. The number of halogens is 1. The standard InChI is InChI=1S/C27H18ClNO3/c28-22-15-21(16-23(30)17-22)25-19(10-9-18-11-13-29-14-12-18)7-4-8-24(25)27(32)26(31)20-5-2-1-3-6-20/h1-8,11-17,27,30,32H. The lowest BCUT2D eigenvalue weighted by Crippen LogP contribution is -2.14. The molecule has 2 N–H and O–H groups in total. The lowest BCUT2D eigenvalue weighted by molar-refractivity contribution is 0.0748. The van der Waals surface area contributed by atoms with Gasteiger partial charge >= 0.3 is 0 Å². The summed E-state index contributed by atoms with van der Waals surface area (Å²) in [5.74, 6) is 5.73. The van der Waals surface area contributed by atoms with Crippen molar-refractivity contribution in [2.75, 3.05) is 0 Å². The van der Waals surface area contributed by atoms with Crippen molar-refractivity contribution in [2.24, 2.45) is 0 Å². The van der Waals surface area contributed by atoms with E-state index in [0.29, 0.717) is 32.8 Å². The Morgan fingerprint density at radius 1 is 0.906 bits per heavy atom. The molecule has 0 saturated carbocycles. The fourth-order valence-electron chi connectivity index (χ4n) is 3.42. The van der Waals surface area contributed by atoms with Gasteiger partial charge in [0, 0.05) is 39.7 Å². The van der Waals surface area contributed by atoms with Gasteiger partial charge in [-0.15, -0.1) is 0 Å². The Morgan fingerprint density at radius 3 is 2.38 bits per heavy atom. The van der Waals surface area contributed by atoms with Crippen molar-refractivity contribution in [3.63, 3.8) is 0 Å². The topological polar surface area (TPSA) is 70.4 Å². The molecule has 0 fully saturated rings. The number of Topliss-reactive ketones (excluding diaryl/α,β-unsaturated/α-hetero) is 1. The summed E-state index contributed by atoms with van der Waals surface area (Å²) in [6.45, 7) is 0. The smallest absolute Gasteiger partial charge is 0.195 e. The van der Waals surface area contributed by atoms with Crippen LogP contribution >= 0.6 is 11.6 Å². The van der Waals surface area contributed by atoms with E-state index in [-0.39, 0.29) is 5.75 Å². The summed E-state index contributed by atoms with van der Waals surface area (Å²) in [4.78, 5) is 17.0. The molecular weight excluding hydrogens is 422 g/mol. The number of pyridine rings is 1. The van der Waals surface area contributed by atoms with E-state index in [1.807, 2.05) is 0 Å². The minimum atomic E-state index is -1.42. The van der Waals surface area contributed by atoms with E-state index < -0.39 is 11.9 Å². The predicted molar refractivity (Wildman–Crippen MR) is 125 cm³/mol. The highest BCUT2D eigenvalue weighted by Crippen LogP contribution is 2.36. The first-order chi connectivity index (χ1) is 15.5. The van der Waals surface area contributed by atoms with E-state index in [1.54, 1.807) is 79.1 Å². The first-order valence-corrected chi connectivity index (χ1v) is 10.2. The van der Waals surface area contributed by atoms with Gasteiger partial charge in [0.15, 0.2) is 5.78 Å². The third-order valence-corrected chi connectivity index (χ3v) is 5.11. The van der Waals surface area contributed by atoms with Crippen molar-refractivity contribution in [1.82, 2.24) is 4.98 Å². The van der Waals surface area contributed by atoms with Crippen LogP contribution < -0.4 is 0 Å². The molecule has 0 saturated heterocycles. The zero-order valence-electron chi connectivity index (χ0n) is 16.9. The number of phenols is 1. The lowest BCUT2D eigenvalue weighted by Gasteiger charge is -2.17. The average molecular weight is 440 g/mol. The number of aliphatic hydroxyl groups excluding tert-OH is 1. The summed E-state index contributed by atoms with van der Waals surface area (Å²) in [5, 5.41) is 21.5. The molecule has 0 aliphatic carbocycles. The first-order valence-electron chi connectivity index (χ1n) is 9.85. The second-order valence-corrected chi connectivity index (χ2v) is 7.52. The highest BCUT2D eigenvalue weighted by molar-refractivity contribution is 6.31. The quantitative estimate of drug-likeness (QED) is 0.329. The number of carbonyl (C=O) groups is 1. The third kappa shape index (κ3) is 4.70. The van der Waals surface area contributed by atoms with Gasteiger partial charge in [-0.25, -0.2) is 0 Å². The van der Waals surface area contributed by atoms with Crippen molar-refractivity contribution < 1.29 is 15.0 Å². The molecule has 0 amide bonds. The van der Waals surface area contributed by atoms with Crippen LogP contribution in [0.2, 0.25) is 5.02 Å². The number of aromatic hydroxyl groups is 1. The van der Waals surface area contributed by atoms with E-state index in [2.05, 4.69) is 16.8 Å². The Hall–Kier alpha value is -3.91. The van der Waals surface area contributed by atoms with E-state index in [0.717, 1.165) is 5.56 Å². The lowest BCUT2D eigenvalue weighted by atomic mass is 9.89. The molecule has 4 nitrogen and oxygen atoms in total. The molecule has 4 rings (SSSR count). The number of rotatable bonds is 4. The summed E-state index contributed by atoms with van der Waals surface area (Å²) < 4.78 is 0. The maximum absolute atomic E-state index is 13.0. The number of hydrogen-bond donors (Lipinski definition) is 2. The van der Waals surface area contributed by atoms with Crippen LogP contribution in [0.1, 0.15) is 33.2 Å². The number of aromatic nitrogens is 1. The fourth-order valence-corrected chi connectivity index (χ4v) is 3.65. The van der Waals surface area contributed by atoms with E-state index in [4.69, 9.17) is 11.6 Å². The van der Waals surface area contributed by atoms with Crippen LogP contribution in [0.3, 0.4) is 0 Å². The number of carbonyl (C=O) groups excluding carboxylic acids is 1. The molecule has 5 heteroatoms. The molecule has 156 valence electrons. The Kier molecular flexibility index (Phi) is 6.32. The number of nitrogens with zero attached hydrogens (tertiary/aromatic N) is 1. The molecule has 1 unspecified atom stereocenters. The second kappa shape index (κ2) is 9.49. The predicted octanol–water partition coefficient (Wildman–Crippen LogP) is 5.42. The number of aliphatic hydroxyl groups is 1. The Morgan fingerprint density at radius 2 is 1.66 bits per heavy atom. The molecule has 1 aromatic heterocycles. The zero-order valence-corrected chi connectivity index (χ0v) is 17.6. The molecule has 0 aliphatic rings. The third-order valence-electron chi connectivity index (χ3n) is 4.89. The van der Waals surface area contributed by atoms with Gasteiger partial charge in [-0.2, -0.15) is 0 Å². The highest BCUT2D eigenvalue weighted by atomic mass is 35.5. The fraction of sp³-hybridized carbons (Fsp3) is 0.0370. The van der Waals surface area contributed by atoms with Crippen LogP contribution in [0.25, 0.3) is 11.1 Å². The van der Waals surface area contributed by atoms with Crippen LogP contribution in [-0.2, 0) is 0 Å². The van der Waals surface area contributed by atoms with Crippen LogP contribution in [0.5, 0.6) is 5.75 Å². The van der Waals surface area contributed by atoms with Gasteiger partial charge in [0.25, 0.3) is 0 Å². The van der Waals surface area contributed by atoms with E-state index >= 15 is 0 Å². The molecule has 1 atom stereocenters. The monoisotopic (exact) mass is 439 g/mol. The normalized spacial score (nSPS) is 11.3. The Balaban J connectivity index is 1.88. The Bertz CT molecular complexity index is 1310. The van der Waals surface area contributed by atoms with Gasteiger partial charge in [0.05, 0.1) is 0 Å². The van der Waals surface area contributed by atoms with Crippen LogP contribution in [-0.4, -0.2) is 21.0 Å². The van der Waals surface area contributed by atoms with Crippen LogP contribution in [0, 0.1) is 11.8 Å². The maximum atomic E-state index is 13.0. The van der Waals surface area contributed by atoms with Crippen molar-refractivity contribution in [3.05, 3.63) is 119 Å². The molecular formula is C27H18ClNO3. The molecule has 0 radical (unpaired) electrons. The van der Waals surface area contributed by atoms with Crippen molar-refractivity contribution in [3.8, 4) is 28.7 Å². The molecule has 1 heterocycles.